The molecule has 5 N–H and O–H groups in total. The zero-order valence-corrected chi connectivity index (χ0v) is 15.5. The topological polar surface area (TPSA) is 80.5 Å². The van der Waals surface area contributed by atoms with Crippen molar-refractivity contribution in [2.45, 2.75) is 31.5 Å². The second-order valence-corrected chi connectivity index (χ2v) is 6.91. The zero-order chi connectivity index (χ0) is 20.6. The first-order valence-electron chi connectivity index (χ1n) is 9.17. The monoisotopic (exact) mass is 406 g/mol. The largest absolute Gasteiger partial charge is 0.416 e. The Hall–Kier alpha value is -2.98. The molecule has 1 aromatic carbocycles. The number of hydrogen-bond donors (Lipinski definition) is 5. The van der Waals surface area contributed by atoms with Crippen molar-refractivity contribution in [2.75, 3.05) is 6.54 Å². The number of benzene rings is 1. The van der Waals surface area contributed by atoms with Crippen LogP contribution in [0.25, 0.3) is 0 Å². The number of alkyl halides is 3. The third kappa shape index (κ3) is 3.81. The SMILES string of the molecule is CC1=C(NC(=O)C2NC=CCN2)N2NC(c3ccccc3C(F)(F)F)C=CC2N1. The summed E-state index contributed by atoms with van der Waals surface area (Å²) >= 11 is 0. The van der Waals surface area contributed by atoms with Crippen LogP contribution in [-0.2, 0) is 11.0 Å². The van der Waals surface area contributed by atoms with Gasteiger partial charge >= 0.3 is 6.18 Å². The molecule has 1 amide bonds. The van der Waals surface area contributed by atoms with Crippen LogP contribution in [0.4, 0.5) is 13.2 Å². The van der Waals surface area contributed by atoms with Crippen molar-refractivity contribution in [1.82, 2.24) is 31.7 Å². The molecule has 0 bridgehead atoms. The number of rotatable bonds is 3. The summed E-state index contributed by atoms with van der Waals surface area (Å²) in [5.41, 5.74) is 3.22. The summed E-state index contributed by atoms with van der Waals surface area (Å²) in [4.78, 5) is 12.6. The van der Waals surface area contributed by atoms with Crippen LogP contribution >= 0.6 is 0 Å². The lowest BCUT2D eigenvalue weighted by Crippen LogP contribution is -2.56. The molecule has 3 heterocycles. The average Bonchev–Trinajstić information content (AvgIpc) is 3.02. The molecule has 4 rings (SSSR count). The molecule has 0 fully saturated rings. The minimum Gasteiger partial charge on any atom is -0.368 e. The maximum absolute atomic E-state index is 13.4. The van der Waals surface area contributed by atoms with E-state index in [0.29, 0.717) is 18.1 Å². The number of hydrogen-bond acceptors (Lipinski definition) is 6. The Kier molecular flexibility index (Phi) is 4.97. The van der Waals surface area contributed by atoms with Gasteiger partial charge in [0.15, 0.2) is 6.17 Å². The van der Waals surface area contributed by atoms with Crippen LogP contribution in [-0.4, -0.2) is 29.8 Å². The van der Waals surface area contributed by atoms with Crippen LogP contribution in [0.15, 0.2) is 60.2 Å². The summed E-state index contributed by atoms with van der Waals surface area (Å²) in [6, 6.07) is 4.76. The number of carbonyl (C=O) groups is 1. The van der Waals surface area contributed by atoms with E-state index in [-0.39, 0.29) is 17.6 Å². The standard InChI is InChI=1S/C19H21F3N6O/c1-11-17(26-18(29)16-23-9-4-10-24-16)28-15(25-11)8-7-14(27-28)12-5-2-3-6-13(12)19(20,21)22/h2-9,14-16,23-25,27H,10H2,1H3,(H,26,29). The lowest BCUT2D eigenvalue weighted by Gasteiger charge is -2.36. The highest BCUT2D eigenvalue weighted by Crippen LogP contribution is 2.36. The van der Waals surface area contributed by atoms with Crippen molar-refractivity contribution in [3.63, 3.8) is 0 Å². The van der Waals surface area contributed by atoms with E-state index in [9.17, 15) is 18.0 Å². The molecule has 0 spiro atoms. The summed E-state index contributed by atoms with van der Waals surface area (Å²) in [5.74, 6) is 0.173. The fourth-order valence-corrected chi connectivity index (χ4v) is 3.54. The number of amides is 1. The second-order valence-electron chi connectivity index (χ2n) is 6.91. The summed E-state index contributed by atoms with van der Waals surface area (Å²) in [7, 11) is 0. The Bertz CT molecular complexity index is 894. The van der Waals surface area contributed by atoms with Gasteiger partial charge in [-0.15, -0.1) is 0 Å². The molecule has 7 nitrogen and oxygen atoms in total. The minimum atomic E-state index is -4.46. The molecule has 154 valence electrons. The lowest BCUT2D eigenvalue weighted by atomic mass is 9.99. The molecule has 0 saturated heterocycles. The molecule has 0 saturated carbocycles. The normalized spacial score (nSPS) is 26.1. The van der Waals surface area contributed by atoms with Gasteiger partial charge in [0.2, 0.25) is 0 Å². The van der Waals surface area contributed by atoms with Crippen LogP contribution in [0, 0.1) is 0 Å². The Labute approximate surface area is 165 Å². The van der Waals surface area contributed by atoms with Crippen LogP contribution in [0.1, 0.15) is 24.1 Å². The first-order valence-corrected chi connectivity index (χ1v) is 9.17. The zero-order valence-electron chi connectivity index (χ0n) is 15.5. The van der Waals surface area contributed by atoms with Crippen molar-refractivity contribution < 1.29 is 18.0 Å². The Morgan fingerprint density at radius 3 is 2.76 bits per heavy atom. The van der Waals surface area contributed by atoms with Crippen LogP contribution in [0.2, 0.25) is 0 Å². The molecular formula is C19H21F3N6O. The van der Waals surface area contributed by atoms with Crippen LogP contribution in [0.5, 0.6) is 0 Å². The van der Waals surface area contributed by atoms with Gasteiger partial charge in [-0.2, -0.15) is 13.2 Å². The Morgan fingerprint density at radius 2 is 2.03 bits per heavy atom. The molecule has 1 aromatic rings. The van der Waals surface area contributed by atoms with E-state index in [1.54, 1.807) is 36.4 Å². The third-order valence-electron chi connectivity index (χ3n) is 4.93. The molecule has 3 atom stereocenters. The smallest absolute Gasteiger partial charge is 0.368 e. The number of halogens is 3. The number of nitrogens with one attached hydrogen (secondary N) is 5. The molecule has 0 aromatic heterocycles. The van der Waals surface area contributed by atoms with Gasteiger partial charge in [0.05, 0.1) is 17.3 Å². The second kappa shape index (κ2) is 7.45. The van der Waals surface area contributed by atoms with Crippen LogP contribution < -0.4 is 26.7 Å². The Morgan fingerprint density at radius 1 is 1.24 bits per heavy atom. The third-order valence-corrected chi connectivity index (χ3v) is 4.93. The van der Waals surface area contributed by atoms with Gasteiger partial charge in [-0.25, -0.2) is 5.43 Å². The number of hydrazine groups is 1. The maximum Gasteiger partial charge on any atom is 0.416 e. The minimum absolute atomic E-state index is 0.116. The fourth-order valence-electron chi connectivity index (χ4n) is 3.54. The van der Waals surface area contributed by atoms with Gasteiger partial charge in [-0.3, -0.25) is 15.1 Å². The lowest BCUT2D eigenvalue weighted by molar-refractivity contribution is -0.138. The quantitative estimate of drug-likeness (QED) is 0.489. The molecule has 3 aliphatic heterocycles. The highest BCUT2D eigenvalue weighted by molar-refractivity contribution is 5.83. The molecular weight excluding hydrogens is 385 g/mol. The first kappa shape index (κ1) is 19.3. The van der Waals surface area contributed by atoms with Crippen molar-refractivity contribution in [2.24, 2.45) is 0 Å². The first-order chi connectivity index (χ1) is 13.8. The maximum atomic E-state index is 13.4. The molecule has 3 unspecified atom stereocenters. The van der Waals surface area contributed by atoms with Crippen molar-refractivity contribution in [1.29, 1.82) is 0 Å². The van der Waals surface area contributed by atoms with E-state index >= 15 is 0 Å². The van der Waals surface area contributed by atoms with E-state index in [0.717, 1.165) is 6.07 Å². The van der Waals surface area contributed by atoms with Gasteiger partial charge < -0.3 is 16.0 Å². The number of nitrogens with zero attached hydrogens (tertiary/aromatic N) is 1. The molecule has 0 radical (unpaired) electrons. The van der Waals surface area contributed by atoms with E-state index < -0.39 is 23.9 Å². The van der Waals surface area contributed by atoms with E-state index in [4.69, 9.17) is 0 Å². The van der Waals surface area contributed by atoms with Crippen LogP contribution in [0.3, 0.4) is 0 Å². The van der Waals surface area contributed by atoms with Crippen molar-refractivity contribution in [3.05, 3.63) is 71.3 Å². The molecule has 3 aliphatic rings. The van der Waals surface area contributed by atoms with Gasteiger partial charge in [0.25, 0.3) is 5.91 Å². The predicted octanol–water partition coefficient (Wildman–Crippen LogP) is 1.39. The van der Waals surface area contributed by atoms with E-state index in [1.165, 1.54) is 12.1 Å². The molecule has 29 heavy (non-hydrogen) atoms. The van der Waals surface area contributed by atoms with Gasteiger partial charge in [0.1, 0.15) is 12.0 Å². The summed E-state index contributed by atoms with van der Waals surface area (Å²) < 4.78 is 40.3. The van der Waals surface area contributed by atoms with Crippen molar-refractivity contribution in [3.8, 4) is 0 Å². The summed E-state index contributed by atoms with van der Waals surface area (Å²) in [6.07, 6.45) is 1.64. The van der Waals surface area contributed by atoms with E-state index in [1.807, 2.05) is 6.08 Å². The fraction of sp³-hybridized carbons (Fsp3) is 0.316. The number of fused-ring (bicyclic) bond motifs is 1. The summed E-state index contributed by atoms with van der Waals surface area (Å²) in [5, 5.41) is 13.6. The van der Waals surface area contributed by atoms with Gasteiger partial charge in [-0.05, 0) is 30.8 Å². The highest BCUT2D eigenvalue weighted by atomic mass is 19.4. The van der Waals surface area contributed by atoms with Gasteiger partial charge in [-0.1, -0.05) is 30.4 Å². The number of carbonyl (C=O) groups excluding carboxylic acids is 1. The highest BCUT2D eigenvalue weighted by Gasteiger charge is 2.38. The molecule has 0 aliphatic carbocycles. The predicted molar refractivity (Wildman–Crippen MR) is 100 cm³/mol. The molecule has 10 heteroatoms. The van der Waals surface area contributed by atoms with E-state index in [2.05, 4.69) is 26.7 Å². The van der Waals surface area contributed by atoms with Crippen molar-refractivity contribution >= 4 is 5.91 Å². The summed E-state index contributed by atoms with van der Waals surface area (Å²) in [6.45, 7) is 2.36. The Balaban J connectivity index is 1.55. The number of allylic oxidation sites excluding steroid dienone is 1. The average molecular weight is 406 g/mol. The van der Waals surface area contributed by atoms with Gasteiger partial charge in [0, 0.05) is 6.54 Å².